The van der Waals surface area contributed by atoms with Crippen LogP contribution in [0.5, 0.6) is 0 Å². The van der Waals surface area contributed by atoms with Crippen LogP contribution >= 0.6 is 0 Å². The second kappa shape index (κ2) is 4.58. The van der Waals surface area contributed by atoms with Crippen LogP contribution in [0.4, 0.5) is 5.69 Å². The Hall–Kier alpha value is -3.02. The molecule has 0 aliphatic heterocycles. The van der Waals surface area contributed by atoms with Crippen molar-refractivity contribution in [1.29, 1.82) is 0 Å². The van der Waals surface area contributed by atoms with Crippen molar-refractivity contribution in [2.75, 3.05) is 0 Å². The third-order valence-electron chi connectivity index (χ3n) is 3.04. The number of aromatic amines is 1. The van der Waals surface area contributed by atoms with Gasteiger partial charge in [-0.3, -0.25) is 14.9 Å². The molecule has 98 valence electrons. The quantitative estimate of drug-likeness (QED) is 0.449. The summed E-state index contributed by atoms with van der Waals surface area (Å²) in [6.07, 6.45) is 3.24. The average Bonchev–Trinajstić information content (AvgIpc) is 2.90. The predicted octanol–water partition coefficient (Wildman–Crippen LogP) is 2.70. The Morgan fingerprint density at radius 1 is 1.20 bits per heavy atom. The molecule has 0 aliphatic rings. The molecule has 3 rings (SSSR count). The van der Waals surface area contributed by atoms with Gasteiger partial charge in [-0.1, -0.05) is 0 Å². The van der Waals surface area contributed by atoms with Crippen molar-refractivity contribution >= 4 is 22.5 Å². The second-order valence-electron chi connectivity index (χ2n) is 4.24. The van der Waals surface area contributed by atoms with Crippen molar-refractivity contribution in [3.63, 3.8) is 0 Å². The first kappa shape index (κ1) is 12.0. The van der Waals surface area contributed by atoms with Crippen LogP contribution in [0.1, 0.15) is 15.9 Å². The number of ketones is 1. The number of pyridine rings is 1. The fourth-order valence-electron chi connectivity index (χ4n) is 2.03. The van der Waals surface area contributed by atoms with Crippen molar-refractivity contribution in [3.8, 4) is 0 Å². The SMILES string of the molecule is O=C(c1ccc([N+](=O)[O-])cc1)c1c[nH]c2ncccc12. The molecule has 0 saturated heterocycles. The number of nitro groups is 1. The Balaban J connectivity index is 2.02. The number of non-ortho nitro benzene ring substituents is 1. The molecule has 0 atom stereocenters. The number of carbonyl (C=O) groups is 1. The predicted molar refractivity (Wildman–Crippen MR) is 72.6 cm³/mol. The maximum Gasteiger partial charge on any atom is 0.269 e. The van der Waals surface area contributed by atoms with Crippen LogP contribution in [-0.2, 0) is 0 Å². The zero-order chi connectivity index (χ0) is 14.1. The zero-order valence-corrected chi connectivity index (χ0v) is 10.2. The highest BCUT2D eigenvalue weighted by atomic mass is 16.6. The van der Waals surface area contributed by atoms with Gasteiger partial charge in [0.25, 0.3) is 5.69 Å². The Kier molecular flexibility index (Phi) is 2.76. The molecule has 6 heteroatoms. The molecule has 0 fully saturated rings. The topological polar surface area (TPSA) is 88.9 Å². The number of fused-ring (bicyclic) bond motifs is 1. The summed E-state index contributed by atoms with van der Waals surface area (Å²) < 4.78 is 0. The third kappa shape index (κ3) is 1.93. The van der Waals surface area contributed by atoms with Gasteiger partial charge >= 0.3 is 0 Å². The number of nitro benzene ring substituents is 1. The molecule has 0 bridgehead atoms. The maximum atomic E-state index is 12.4. The molecular weight excluding hydrogens is 258 g/mol. The van der Waals surface area contributed by atoms with E-state index in [1.165, 1.54) is 24.3 Å². The van der Waals surface area contributed by atoms with Crippen LogP contribution in [0, 0.1) is 10.1 Å². The minimum absolute atomic E-state index is 0.0397. The van der Waals surface area contributed by atoms with Gasteiger partial charge in [0, 0.05) is 41.0 Å². The van der Waals surface area contributed by atoms with E-state index >= 15 is 0 Å². The van der Waals surface area contributed by atoms with Crippen LogP contribution in [-0.4, -0.2) is 20.7 Å². The first-order chi connectivity index (χ1) is 9.66. The van der Waals surface area contributed by atoms with E-state index in [4.69, 9.17) is 0 Å². The molecule has 1 aromatic carbocycles. The molecule has 0 unspecified atom stereocenters. The third-order valence-corrected chi connectivity index (χ3v) is 3.04. The highest BCUT2D eigenvalue weighted by Crippen LogP contribution is 2.20. The number of hydrogen-bond donors (Lipinski definition) is 1. The lowest BCUT2D eigenvalue weighted by molar-refractivity contribution is -0.384. The highest BCUT2D eigenvalue weighted by Gasteiger charge is 2.15. The number of nitrogens with one attached hydrogen (secondary N) is 1. The van der Waals surface area contributed by atoms with Gasteiger partial charge in [0.05, 0.1) is 4.92 Å². The van der Waals surface area contributed by atoms with Gasteiger partial charge in [-0.05, 0) is 24.3 Å². The van der Waals surface area contributed by atoms with Crippen LogP contribution in [0.25, 0.3) is 11.0 Å². The minimum Gasteiger partial charge on any atom is -0.345 e. The molecule has 0 amide bonds. The van der Waals surface area contributed by atoms with Crippen molar-refractivity contribution in [2.45, 2.75) is 0 Å². The molecule has 0 aliphatic carbocycles. The lowest BCUT2D eigenvalue weighted by Crippen LogP contribution is -2.00. The van der Waals surface area contributed by atoms with Crippen LogP contribution in [0.15, 0.2) is 48.8 Å². The fourth-order valence-corrected chi connectivity index (χ4v) is 2.03. The van der Waals surface area contributed by atoms with E-state index in [1.54, 1.807) is 24.5 Å². The van der Waals surface area contributed by atoms with Crippen molar-refractivity contribution in [3.05, 3.63) is 70.0 Å². The first-order valence-corrected chi connectivity index (χ1v) is 5.88. The second-order valence-corrected chi connectivity index (χ2v) is 4.24. The van der Waals surface area contributed by atoms with E-state index in [0.29, 0.717) is 16.8 Å². The van der Waals surface area contributed by atoms with Gasteiger partial charge in [0.15, 0.2) is 5.78 Å². The van der Waals surface area contributed by atoms with Gasteiger partial charge < -0.3 is 4.98 Å². The number of aromatic nitrogens is 2. The smallest absolute Gasteiger partial charge is 0.269 e. The molecule has 1 N–H and O–H groups in total. The number of rotatable bonds is 3. The van der Waals surface area contributed by atoms with E-state index in [9.17, 15) is 14.9 Å². The Morgan fingerprint density at radius 3 is 2.65 bits per heavy atom. The highest BCUT2D eigenvalue weighted by molar-refractivity contribution is 6.15. The number of hydrogen-bond acceptors (Lipinski definition) is 4. The Bertz CT molecular complexity index is 806. The number of nitrogens with zero attached hydrogens (tertiary/aromatic N) is 2. The molecule has 3 aromatic rings. The lowest BCUT2D eigenvalue weighted by Gasteiger charge is -1.99. The van der Waals surface area contributed by atoms with Gasteiger partial charge in [-0.2, -0.15) is 0 Å². The van der Waals surface area contributed by atoms with E-state index in [1.807, 2.05) is 0 Å². The van der Waals surface area contributed by atoms with E-state index in [0.717, 1.165) is 5.39 Å². The number of carbonyl (C=O) groups excluding carboxylic acids is 1. The summed E-state index contributed by atoms with van der Waals surface area (Å²) in [6, 6.07) is 9.10. The number of H-pyrrole nitrogens is 1. The van der Waals surface area contributed by atoms with E-state index < -0.39 is 4.92 Å². The molecule has 0 saturated carbocycles. The molecule has 6 nitrogen and oxygen atoms in total. The molecular formula is C14H9N3O3. The van der Waals surface area contributed by atoms with E-state index in [-0.39, 0.29) is 11.5 Å². The largest absolute Gasteiger partial charge is 0.345 e. The Morgan fingerprint density at radius 2 is 1.95 bits per heavy atom. The van der Waals surface area contributed by atoms with E-state index in [2.05, 4.69) is 9.97 Å². The molecule has 0 spiro atoms. The zero-order valence-electron chi connectivity index (χ0n) is 10.2. The molecule has 20 heavy (non-hydrogen) atoms. The monoisotopic (exact) mass is 267 g/mol. The van der Waals surface area contributed by atoms with Crippen molar-refractivity contribution in [1.82, 2.24) is 9.97 Å². The van der Waals surface area contributed by atoms with Crippen LogP contribution in [0.2, 0.25) is 0 Å². The first-order valence-electron chi connectivity index (χ1n) is 5.88. The lowest BCUT2D eigenvalue weighted by atomic mass is 10.0. The minimum atomic E-state index is -0.496. The standard InChI is InChI=1S/C14H9N3O3/c18-13(9-3-5-10(6-4-9)17(19)20)12-8-16-14-11(12)2-1-7-15-14/h1-8H,(H,15,16). The molecule has 0 radical (unpaired) electrons. The van der Waals surface area contributed by atoms with Gasteiger partial charge in [0.1, 0.15) is 5.65 Å². The summed E-state index contributed by atoms with van der Waals surface area (Å²) in [6.45, 7) is 0. The van der Waals surface area contributed by atoms with Gasteiger partial charge in [-0.25, -0.2) is 4.98 Å². The Labute approximate surface area is 113 Å². The van der Waals surface area contributed by atoms with Crippen molar-refractivity contribution < 1.29 is 9.72 Å². The summed E-state index contributed by atoms with van der Waals surface area (Å²) in [7, 11) is 0. The normalized spacial score (nSPS) is 10.6. The van der Waals surface area contributed by atoms with Gasteiger partial charge in [-0.15, -0.1) is 0 Å². The van der Waals surface area contributed by atoms with Crippen molar-refractivity contribution in [2.24, 2.45) is 0 Å². The summed E-state index contributed by atoms with van der Waals surface area (Å²) >= 11 is 0. The summed E-state index contributed by atoms with van der Waals surface area (Å²) in [4.78, 5) is 29.5. The summed E-state index contributed by atoms with van der Waals surface area (Å²) in [5.74, 6) is -0.195. The molecule has 2 heterocycles. The van der Waals surface area contributed by atoms with Gasteiger partial charge in [0.2, 0.25) is 0 Å². The number of benzene rings is 1. The van der Waals surface area contributed by atoms with Crippen LogP contribution < -0.4 is 0 Å². The molecule has 2 aromatic heterocycles. The fraction of sp³-hybridized carbons (Fsp3) is 0. The van der Waals surface area contributed by atoms with Crippen LogP contribution in [0.3, 0.4) is 0 Å². The maximum absolute atomic E-state index is 12.4. The average molecular weight is 267 g/mol. The summed E-state index contributed by atoms with van der Waals surface area (Å²) in [5, 5.41) is 11.3. The summed E-state index contributed by atoms with van der Waals surface area (Å²) in [5.41, 5.74) is 1.50.